The van der Waals surface area contributed by atoms with Crippen LogP contribution in [0.4, 0.5) is 0 Å². The molecule has 4 rings (SSSR count). The largest absolute Gasteiger partial charge is 0.349 e. The molecule has 1 aromatic heterocycles. The zero-order valence-corrected chi connectivity index (χ0v) is 15.2. The second-order valence-corrected chi connectivity index (χ2v) is 7.20. The molecule has 0 radical (unpaired) electrons. The van der Waals surface area contributed by atoms with Gasteiger partial charge in [0.05, 0.1) is 16.8 Å². The monoisotopic (exact) mass is 344 g/mol. The van der Waals surface area contributed by atoms with Gasteiger partial charge in [-0.05, 0) is 37.5 Å². The molecule has 1 heterocycles. The number of hydrogen-bond acceptors (Lipinski definition) is 2. The summed E-state index contributed by atoms with van der Waals surface area (Å²) in [7, 11) is 0. The van der Waals surface area contributed by atoms with Crippen molar-refractivity contribution in [3.8, 4) is 11.3 Å². The smallest absolute Gasteiger partial charge is 0.252 e. The molecule has 1 amide bonds. The molecule has 0 bridgehead atoms. The van der Waals surface area contributed by atoms with Gasteiger partial charge in [0.25, 0.3) is 5.91 Å². The van der Waals surface area contributed by atoms with Crippen LogP contribution in [0.15, 0.2) is 54.6 Å². The molecule has 0 saturated heterocycles. The molecule has 1 aliphatic carbocycles. The SMILES string of the molecule is Cc1ccccc1-c1cc(C(=O)NC2CCCCC2)c2ccccc2n1. The Balaban J connectivity index is 1.77. The molecule has 1 fully saturated rings. The number of pyridine rings is 1. The van der Waals surface area contributed by atoms with E-state index in [-0.39, 0.29) is 5.91 Å². The molecular weight excluding hydrogens is 320 g/mol. The highest BCUT2D eigenvalue weighted by atomic mass is 16.1. The highest BCUT2D eigenvalue weighted by Gasteiger charge is 2.19. The molecule has 0 aliphatic heterocycles. The van der Waals surface area contributed by atoms with E-state index < -0.39 is 0 Å². The molecule has 0 spiro atoms. The summed E-state index contributed by atoms with van der Waals surface area (Å²) in [5.74, 6) is 0.0188. The van der Waals surface area contributed by atoms with E-state index in [0.29, 0.717) is 6.04 Å². The molecule has 3 aromatic rings. The second kappa shape index (κ2) is 7.28. The molecular formula is C23H24N2O. The maximum atomic E-state index is 13.1. The van der Waals surface area contributed by atoms with Crippen molar-refractivity contribution in [2.45, 2.75) is 45.1 Å². The van der Waals surface area contributed by atoms with Gasteiger partial charge in [0.2, 0.25) is 0 Å². The lowest BCUT2D eigenvalue weighted by Gasteiger charge is -2.23. The predicted octanol–water partition coefficient (Wildman–Crippen LogP) is 5.27. The molecule has 1 saturated carbocycles. The molecule has 0 atom stereocenters. The minimum atomic E-state index is 0.0188. The van der Waals surface area contributed by atoms with E-state index in [0.717, 1.165) is 46.1 Å². The number of amides is 1. The number of carbonyl (C=O) groups excluding carboxylic acids is 1. The third-order valence-corrected chi connectivity index (χ3v) is 5.32. The number of para-hydroxylation sites is 1. The van der Waals surface area contributed by atoms with Crippen LogP contribution in [0.25, 0.3) is 22.2 Å². The Bertz CT molecular complexity index is 942. The first-order chi connectivity index (χ1) is 12.7. The summed E-state index contributed by atoms with van der Waals surface area (Å²) in [5.41, 5.74) is 4.68. The quantitative estimate of drug-likeness (QED) is 0.703. The number of aryl methyl sites for hydroxylation is 1. The van der Waals surface area contributed by atoms with Crippen molar-refractivity contribution < 1.29 is 4.79 Å². The zero-order chi connectivity index (χ0) is 17.9. The van der Waals surface area contributed by atoms with Gasteiger partial charge in [-0.25, -0.2) is 4.98 Å². The van der Waals surface area contributed by atoms with Gasteiger partial charge in [0.15, 0.2) is 0 Å². The van der Waals surface area contributed by atoms with Crippen molar-refractivity contribution >= 4 is 16.8 Å². The molecule has 3 heteroatoms. The highest BCUT2D eigenvalue weighted by molar-refractivity contribution is 6.07. The van der Waals surface area contributed by atoms with Crippen LogP contribution in [0.2, 0.25) is 0 Å². The fraction of sp³-hybridized carbons (Fsp3) is 0.304. The van der Waals surface area contributed by atoms with Crippen molar-refractivity contribution in [1.82, 2.24) is 10.3 Å². The van der Waals surface area contributed by atoms with Gasteiger partial charge < -0.3 is 5.32 Å². The van der Waals surface area contributed by atoms with Crippen molar-refractivity contribution in [3.63, 3.8) is 0 Å². The average Bonchev–Trinajstić information content (AvgIpc) is 2.68. The summed E-state index contributed by atoms with van der Waals surface area (Å²) in [4.78, 5) is 17.9. The van der Waals surface area contributed by atoms with Crippen LogP contribution in [-0.2, 0) is 0 Å². The van der Waals surface area contributed by atoms with Crippen molar-refractivity contribution in [2.24, 2.45) is 0 Å². The number of aromatic nitrogens is 1. The fourth-order valence-corrected chi connectivity index (χ4v) is 3.87. The van der Waals surface area contributed by atoms with E-state index in [1.165, 1.54) is 19.3 Å². The first-order valence-electron chi connectivity index (χ1n) is 9.49. The number of nitrogens with one attached hydrogen (secondary N) is 1. The highest BCUT2D eigenvalue weighted by Crippen LogP contribution is 2.27. The minimum Gasteiger partial charge on any atom is -0.349 e. The van der Waals surface area contributed by atoms with E-state index in [4.69, 9.17) is 4.98 Å². The minimum absolute atomic E-state index is 0.0188. The Morgan fingerprint density at radius 3 is 2.54 bits per heavy atom. The summed E-state index contributed by atoms with van der Waals surface area (Å²) in [6.45, 7) is 2.08. The van der Waals surface area contributed by atoms with E-state index in [2.05, 4.69) is 24.4 Å². The van der Waals surface area contributed by atoms with Crippen LogP contribution >= 0.6 is 0 Å². The summed E-state index contributed by atoms with van der Waals surface area (Å²) in [5, 5.41) is 4.17. The average molecular weight is 344 g/mol. The Labute approximate surface area is 154 Å². The molecule has 132 valence electrons. The number of rotatable bonds is 3. The van der Waals surface area contributed by atoms with Crippen molar-refractivity contribution in [2.75, 3.05) is 0 Å². The van der Waals surface area contributed by atoms with Crippen LogP contribution in [0.1, 0.15) is 48.0 Å². The number of nitrogens with zero attached hydrogens (tertiary/aromatic N) is 1. The summed E-state index contributed by atoms with van der Waals surface area (Å²) in [6, 6.07) is 18.3. The molecule has 1 aliphatic rings. The fourth-order valence-electron chi connectivity index (χ4n) is 3.87. The lowest BCUT2D eigenvalue weighted by molar-refractivity contribution is 0.0929. The van der Waals surface area contributed by atoms with Gasteiger partial charge in [0.1, 0.15) is 0 Å². The van der Waals surface area contributed by atoms with Crippen LogP contribution in [0.3, 0.4) is 0 Å². The van der Waals surface area contributed by atoms with Crippen LogP contribution in [0.5, 0.6) is 0 Å². The van der Waals surface area contributed by atoms with Gasteiger partial charge in [-0.3, -0.25) is 4.79 Å². The summed E-state index contributed by atoms with van der Waals surface area (Å²) < 4.78 is 0. The lowest BCUT2D eigenvalue weighted by Crippen LogP contribution is -2.36. The maximum absolute atomic E-state index is 13.1. The van der Waals surface area contributed by atoms with E-state index >= 15 is 0 Å². The molecule has 0 unspecified atom stereocenters. The summed E-state index contributed by atoms with van der Waals surface area (Å²) in [6.07, 6.45) is 5.85. The Hall–Kier alpha value is -2.68. The van der Waals surface area contributed by atoms with Gasteiger partial charge in [0, 0.05) is 17.0 Å². The van der Waals surface area contributed by atoms with Crippen LogP contribution in [0, 0.1) is 6.92 Å². The number of benzene rings is 2. The Morgan fingerprint density at radius 2 is 1.73 bits per heavy atom. The van der Waals surface area contributed by atoms with Crippen molar-refractivity contribution in [1.29, 1.82) is 0 Å². The van der Waals surface area contributed by atoms with Crippen molar-refractivity contribution in [3.05, 3.63) is 65.7 Å². The lowest BCUT2D eigenvalue weighted by atomic mass is 9.95. The molecule has 3 nitrogen and oxygen atoms in total. The zero-order valence-electron chi connectivity index (χ0n) is 15.2. The topological polar surface area (TPSA) is 42.0 Å². The molecule has 1 N–H and O–H groups in total. The maximum Gasteiger partial charge on any atom is 0.252 e. The van der Waals surface area contributed by atoms with E-state index in [1.807, 2.05) is 42.5 Å². The van der Waals surface area contributed by atoms with Crippen LogP contribution in [-0.4, -0.2) is 16.9 Å². The molecule has 26 heavy (non-hydrogen) atoms. The van der Waals surface area contributed by atoms with E-state index in [1.54, 1.807) is 0 Å². The summed E-state index contributed by atoms with van der Waals surface area (Å²) >= 11 is 0. The first-order valence-corrected chi connectivity index (χ1v) is 9.49. The van der Waals surface area contributed by atoms with E-state index in [9.17, 15) is 4.79 Å². The Kier molecular flexibility index (Phi) is 4.70. The third kappa shape index (κ3) is 3.34. The normalized spacial score (nSPS) is 15.1. The van der Waals surface area contributed by atoms with Gasteiger partial charge >= 0.3 is 0 Å². The number of carbonyl (C=O) groups is 1. The van der Waals surface area contributed by atoms with Gasteiger partial charge in [-0.1, -0.05) is 61.7 Å². The van der Waals surface area contributed by atoms with Gasteiger partial charge in [-0.15, -0.1) is 0 Å². The number of hydrogen-bond donors (Lipinski definition) is 1. The number of fused-ring (bicyclic) bond motifs is 1. The predicted molar refractivity (Wildman–Crippen MR) is 106 cm³/mol. The first kappa shape index (κ1) is 16.8. The Morgan fingerprint density at radius 1 is 1.00 bits per heavy atom. The van der Waals surface area contributed by atoms with Gasteiger partial charge in [-0.2, -0.15) is 0 Å². The molecule has 2 aromatic carbocycles. The standard InChI is InChI=1S/C23H24N2O/c1-16-9-5-6-12-18(16)22-15-20(19-13-7-8-14-21(19)25-22)23(26)24-17-10-3-2-4-11-17/h5-9,12-15,17H,2-4,10-11H2,1H3,(H,24,26). The second-order valence-electron chi connectivity index (χ2n) is 7.20. The third-order valence-electron chi connectivity index (χ3n) is 5.32. The van der Waals surface area contributed by atoms with Crippen LogP contribution < -0.4 is 5.32 Å².